The Morgan fingerprint density at radius 1 is 0.708 bits per heavy atom. The number of hydrogen-bond acceptors (Lipinski definition) is 3. The van der Waals surface area contributed by atoms with Gasteiger partial charge in [-0.1, -0.05) is 60.7 Å². The third-order valence-electron chi connectivity index (χ3n) is 3.74. The Balaban J connectivity index is 2.28. The highest BCUT2D eigenvalue weighted by molar-refractivity contribution is 6.40. The summed E-state index contributed by atoms with van der Waals surface area (Å²) >= 11 is 0. The Labute approximate surface area is 138 Å². The van der Waals surface area contributed by atoms with E-state index in [-0.39, 0.29) is 11.3 Å². The number of carboxylic acid groups (broad SMARTS) is 1. The van der Waals surface area contributed by atoms with Gasteiger partial charge in [0.05, 0.1) is 0 Å². The Morgan fingerprint density at radius 3 is 1.50 bits per heavy atom. The molecule has 3 aromatic carbocycles. The first-order chi connectivity index (χ1) is 11.6. The van der Waals surface area contributed by atoms with Crippen molar-refractivity contribution >= 4 is 11.8 Å². The smallest absolute Gasteiger partial charge is 0.377 e. The lowest BCUT2D eigenvalue weighted by atomic mass is 9.93. The summed E-state index contributed by atoms with van der Waals surface area (Å²) in [5.74, 6) is -2.53. The van der Waals surface area contributed by atoms with Crippen LogP contribution in [0.3, 0.4) is 0 Å². The summed E-state index contributed by atoms with van der Waals surface area (Å²) in [7, 11) is 0. The molecular formula is C20H14O4. The number of rotatable bonds is 4. The van der Waals surface area contributed by atoms with Gasteiger partial charge in [-0.25, -0.2) is 4.79 Å². The van der Waals surface area contributed by atoms with Gasteiger partial charge < -0.3 is 10.2 Å². The molecule has 0 atom stereocenters. The molecule has 0 saturated heterocycles. The van der Waals surface area contributed by atoms with Gasteiger partial charge in [0.1, 0.15) is 5.75 Å². The molecule has 0 fully saturated rings. The van der Waals surface area contributed by atoms with Crippen molar-refractivity contribution in [3.8, 4) is 28.0 Å². The summed E-state index contributed by atoms with van der Waals surface area (Å²) in [6, 6.07) is 20.9. The van der Waals surface area contributed by atoms with Crippen LogP contribution in [-0.2, 0) is 4.79 Å². The number of carboxylic acids is 1. The molecule has 3 rings (SSSR count). The topological polar surface area (TPSA) is 74.6 Å². The molecule has 0 saturated carbocycles. The van der Waals surface area contributed by atoms with E-state index in [1.807, 2.05) is 36.4 Å². The Hall–Kier alpha value is -3.40. The van der Waals surface area contributed by atoms with Crippen LogP contribution >= 0.6 is 0 Å². The first-order valence-corrected chi connectivity index (χ1v) is 7.33. The molecule has 4 heteroatoms. The predicted molar refractivity (Wildman–Crippen MR) is 90.9 cm³/mol. The van der Waals surface area contributed by atoms with Crippen LogP contribution in [0.1, 0.15) is 10.4 Å². The normalized spacial score (nSPS) is 10.3. The number of aliphatic carboxylic acids is 1. The van der Waals surface area contributed by atoms with E-state index >= 15 is 0 Å². The molecule has 24 heavy (non-hydrogen) atoms. The predicted octanol–water partition coefficient (Wildman–Crippen LogP) is 3.99. The van der Waals surface area contributed by atoms with Crippen LogP contribution in [0.2, 0.25) is 0 Å². The van der Waals surface area contributed by atoms with E-state index in [1.54, 1.807) is 24.3 Å². The lowest BCUT2D eigenvalue weighted by Crippen LogP contribution is -2.13. The molecule has 0 aliphatic rings. The van der Waals surface area contributed by atoms with Crippen molar-refractivity contribution < 1.29 is 19.8 Å². The van der Waals surface area contributed by atoms with Crippen LogP contribution in [-0.4, -0.2) is 22.0 Å². The summed E-state index contributed by atoms with van der Waals surface area (Å²) in [6.45, 7) is 0. The molecule has 0 heterocycles. The van der Waals surface area contributed by atoms with E-state index in [0.717, 1.165) is 0 Å². The third kappa shape index (κ3) is 2.90. The van der Waals surface area contributed by atoms with Gasteiger partial charge in [-0.3, -0.25) is 4.79 Å². The number of aromatic hydroxyl groups is 1. The zero-order chi connectivity index (χ0) is 17.1. The fourth-order valence-electron chi connectivity index (χ4n) is 2.56. The maximum Gasteiger partial charge on any atom is 0.377 e. The van der Waals surface area contributed by atoms with Crippen molar-refractivity contribution in [2.45, 2.75) is 0 Å². The number of hydrogen-bond donors (Lipinski definition) is 2. The second-order valence-corrected chi connectivity index (χ2v) is 5.29. The van der Waals surface area contributed by atoms with E-state index in [0.29, 0.717) is 22.3 Å². The number of carbonyl (C=O) groups is 2. The summed E-state index contributed by atoms with van der Waals surface area (Å²) in [5, 5.41) is 19.7. The maximum atomic E-state index is 11.9. The van der Waals surface area contributed by atoms with Crippen LogP contribution in [0.5, 0.6) is 5.75 Å². The van der Waals surface area contributed by atoms with Crippen molar-refractivity contribution in [3.63, 3.8) is 0 Å². The van der Waals surface area contributed by atoms with Gasteiger partial charge in [-0.2, -0.15) is 0 Å². The number of phenols is 1. The fourth-order valence-corrected chi connectivity index (χ4v) is 2.56. The average Bonchev–Trinajstić information content (AvgIpc) is 2.62. The van der Waals surface area contributed by atoms with Gasteiger partial charge in [0.15, 0.2) is 0 Å². The second kappa shape index (κ2) is 6.38. The van der Waals surface area contributed by atoms with Gasteiger partial charge in [-0.05, 0) is 23.3 Å². The molecule has 0 amide bonds. The summed E-state index contributed by atoms with van der Waals surface area (Å²) in [6.07, 6.45) is 0. The molecule has 118 valence electrons. The van der Waals surface area contributed by atoms with Gasteiger partial charge in [0, 0.05) is 16.7 Å². The quantitative estimate of drug-likeness (QED) is 0.563. The molecule has 3 aromatic rings. The number of ketones is 1. The highest BCUT2D eigenvalue weighted by Crippen LogP contribution is 2.39. The van der Waals surface area contributed by atoms with Crippen molar-refractivity contribution in [1.82, 2.24) is 0 Å². The van der Waals surface area contributed by atoms with Crippen LogP contribution in [0.15, 0.2) is 72.8 Å². The van der Waals surface area contributed by atoms with Crippen LogP contribution in [0.25, 0.3) is 22.3 Å². The number of benzene rings is 3. The van der Waals surface area contributed by atoms with Crippen LogP contribution < -0.4 is 0 Å². The molecular weight excluding hydrogens is 304 g/mol. The number of carbonyl (C=O) groups excluding carboxylic acids is 1. The molecule has 2 N–H and O–H groups in total. The average molecular weight is 318 g/mol. The lowest BCUT2D eigenvalue weighted by molar-refractivity contribution is -0.131. The first kappa shape index (κ1) is 15.5. The lowest BCUT2D eigenvalue weighted by Gasteiger charge is -2.13. The minimum Gasteiger partial charge on any atom is -0.507 e. The molecule has 0 unspecified atom stereocenters. The summed E-state index contributed by atoms with van der Waals surface area (Å²) in [5.41, 5.74) is 2.26. The molecule has 0 aliphatic carbocycles. The standard InChI is InChI=1S/C20H14O4/c21-18(20(23)24)15-11-16(13-7-3-1-4-8-13)19(22)17(12-15)14-9-5-2-6-10-14/h1-12,22H,(H,23,24). The molecule has 0 spiro atoms. The van der Waals surface area contributed by atoms with Crippen molar-refractivity contribution in [1.29, 1.82) is 0 Å². The van der Waals surface area contributed by atoms with E-state index in [9.17, 15) is 14.7 Å². The van der Waals surface area contributed by atoms with Gasteiger partial charge in [-0.15, -0.1) is 0 Å². The second-order valence-electron chi connectivity index (χ2n) is 5.29. The van der Waals surface area contributed by atoms with Crippen molar-refractivity contribution in [3.05, 3.63) is 78.4 Å². The van der Waals surface area contributed by atoms with E-state index in [2.05, 4.69) is 0 Å². The van der Waals surface area contributed by atoms with Gasteiger partial charge in [0.25, 0.3) is 5.78 Å². The van der Waals surface area contributed by atoms with E-state index in [4.69, 9.17) is 5.11 Å². The molecule has 4 nitrogen and oxygen atoms in total. The molecule has 0 radical (unpaired) electrons. The van der Waals surface area contributed by atoms with E-state index in [1.165, 1.54) is 12.1 Å². The number of phenolic OH excluding ortho intramolecular Hbond substituents is 1. The minimum absolute atomic E-state index is 0.00865. The monoisotopic (exact) mass is 318 g/mol. The van der Waals surface area contributed by atoms with Crippen LogP contribution in [0, 0.1) is 0 Å². The SMILES string of the molecule is O=C(O)C(=O)c1cc(-c2ccccc2)c(O)c(-c2ccccc2)c1. The van der Waals surface area contributed by atoms with Crippen molar-refractivity contribution in [2.24, 2.45) is 0 Å². The maximum absolute atomic E-state index is 11.9. The van der Waals surface area contributed by atoms with Gasteiger partial charge >= 0.3 is 5.97 Å². The Morgan fingerprint density at radius 2 is 1.12 bits per heavy atom. The fraction of sp³-hybridized carbons (Fsp3) is 0. The summed E-state index contributed by atoms with van der Waals surface area (Å²) < 4.78 is 0. The third-order valence-corrected chi connectivity index (χ3v) is 3.74. The minimum atomic E-state index is -1.53. The van der Waals surface area contributed by atoms with Gasteiger partial charge in [0.2, 0.25) is 0 Å². The Kier molecular flexibility index (Phi) is 4.12. The zero-order valence-corrected chi connectivity index (χ0v) is 12.6. The largest absolute Gasteiger partial charge is 0.507 e. The molecule has 0 aromatic heterocycles. The zero-order valence-electron chi connectivity index (χ0n) is 12.6. The Bertz CT molecular complexity index is 839. The first-order valence-electron chi connectivity index (χ1n) is 7.33. The highest BCUT2D eigenvalue weighted by Gasteiger charge is 2.20. The van der Waals surface area contributed by atoms with Crippen LogP contribution in [0.4, 0.5) is 0 Å². The van der Waals surface area contributed by atoms with Crippen molar-refractivity contribution in [2.75, 3.05) is 0 Å². The van der Waals surface area contributed by atoms with E-state index < -0.39 is 11.8 Å². The molecule has 0 bridgehead atoms. The number of Topliss-reactive ketones (excluding diaryl/α,β-unsaturated/α-hetero) is 1. The highest BCUT2D eigenvalue weighted by atomic mass is 16.4. The summed E-state index contributed by atoms with van der Waals surface area (Å²) in [4.78, 5) is 23.0. The molecule has 0 aliphatic heterocycles.